The first-order valence-corrected chi connectivity index (χ1v) is 7.47. The standard InChI is InChI=1S/C16H17NO2S/c1-11-8-9-14(19-2)13(10-11)17-16(18)12-6-4-5-7-15(12)20-3/h4-10H,1-3H3,(H,17,18). The van der Waals surface area contributed by atoms with E-state index in [0.29, 0.717) is 17.0 Å². The van der Waals surface area contributed by atoms with Gasteiger partial charge in [0.2, 0.25) is 0 Å². The number of rotatable bonds is 4. The highest BCUT2D eigenvalue weighted by molar-refractivity contribution is 7.98. The fraction of sp³-hybridized carbons (Fsp3) is 0.188. The zero-order valence-corrected chi connectivity index (χ0v) is 12.6. The van der Waals surface area contributed by atoms with Gasteiger partial charge in [-0.1, -0.05) is 18.2 Å². The summed E-state index contributed by atoms with van der Waals surface area (Å²) in [6, 6.07) is 13.3. The summed E-state index contributed by atoms with van der Waals surface area (Å²) in [5.41, 5.74) is 2.43. The lowest BCUT2D eigenvalue weighted by atomic mass is 10.1. The van der Waals surface area contributed by atoms with E-state index in [1.54, 1.807) is 18.9 Å². The second kappa shape index (κ2) is 6.48. The van der Waals surface area contributed by atoms with Gasteiger partial charge in [-0.2, -0.15) is 0 Å². The molecule has 0 unspecified atom stereocenters. The van der Waals surface area contributed by atoms with Crippen LogP contribution in [0.15, 0.2) is 47.4 Å². The molecule has 0 fully saturated rings. The average Bonchev–Trinajstić information content (AvgIpc) is 2.47. The number of hydrogen-bond acceptors (Lipinski definition) is 3. The number of anilines is 1. The molecule has 3 nitrogen and oxygen atoms in total. The smallest absolute Gasteiger partial charge is 0.256 e. The van der Waals surface area contributed by atoms with Crippen molar-refractivity contribution < 1.29 is 9.53 Å². The Bertz CT molecular complexity index is 626. The summed E-state index contributed by atoms with van der Waals surface area (Å²) in [6.07, 6.45) is 1.96. The molecule has 0 radical (unpaired) electrons. The van der Waals surface area contributed by atoms with Gasteiger partial charge in [-0.25, -0.2) is 0 Å². The maximum atomic E-state index is 12.4. The first-order valence-electron chi connectivity index (χ1n) is 6.24. The molecule has 0 saturated carbocycles. The number of benzene rings is 2. The quantitative estimate of drug-likeness (QED) is 0.864. The van der Waals surface area contributed by atoms with Crippen LogP contribution in [-0.2, 0) is 0 Å². The Morgan fingerprint density at radius 3 is 2.65 bits per heavy atom. The monoisotopic (exact) mass is 287 g/mol. The highest BCUT2D eigenvalue weighted by atomic mass is 32.2. The lowest BCUT2D eigenvalue weighted by molar-refractivity contribution is 0.102. The first-order chi connectivity index (χ1) is 9.65. The fourth-order valence-electron chi connectivity index (χ4n) is 1.94. The van der Waals surface area contributed by atoms with Crippen molar-refractivity contribution >= 4 is 23.4 Å². The predicted octanol–water partition coefficient (Wildman–Crippen LogP) is 3.98. The number of hydrogen-bond donors (Lipinski definition) is 1. The van der Waals surface area contributed by atoms with Crippen molar-refractivity contribution in [2.24, 2.45) is 0 Å². The van der Waals surface area contributed by atoms with E-state index in [2.05, 4.69) is 5.32 Å². The van der Waals surface area contributed by atoms with Crippen LogP contribution in [0.5, 0.6) is 5.75 Å². The molecular formula is C16H17NO2S. The first kappa shape index (κ1) is 14.5. The summed E-state index contributed by atoms with van der Waals surface area (Å²) in [5.74, 6) is 0.532. The normalized spacial score (nSPS) is 10.2. The topological polar surface area (TPSA) is 38.3 Å². The summed E-state index contributed by atoms with van der Waals surface area (Å²) in [4.78, 5) is 13.3. The van der Waals surface area contributed by atoms with Crippen LogP contribution in [0, 0.1) is 6.92 Å². The molecular weight excluding hydrogens is 270 g/mol. The molecule has 1 amide bonds. The Labute approximate surface area is 123 Å². The van der Waals surface area contributed by atoms with Crippen molar-refractivity contribution in [3.63, 3.8) is 0 Å². The number of ether oxygens (including phenoxy) is 1. The van der Waals surface area contributed by atoms with Crippen LogP contribution in [0.3, 0.4) is 0 Å². The Kier molecular flexibility index (Phi) is 4.69. The fourth-order valence-corrected chi connectivity index (χ4v) is 2.54. The number of nitrogens with one attached hydrogen (secondary N) is 1. The zero-order valence-electron chi connectivity index (χ0n) is 11.8. The van der Waals surface area contributed by atoms with Gasteiger partial charge in [0, 0.05) is 4.90 Å². The highest BCUT2D eigenvalue weighted by Crippen LogP contribution is 2.27. The van der Waals surface area contributed by atoms with E-state index in [9.17, 15) is 4.79 Å². The van der Waals surface area contributed by atoms with E-state index in [1.165, 1.54) is 0 Å². The van der Waals surface area contributed by atoms with Crippen molar-refractivity contribution in [1.82, 2.24) is 0 Å². The van der Waals surface area contributed by atoms with Crippen LogP contribution in [0.1, 0.15) is 15.9 Å². The number of thioether (sulfide) groups is 1. The average molecular weight is 287 g/mol. The Balaban J connectivity index is 2.30. The number of carbonyl (C=O) groups is 1. The summed E-state index contributed by atoms with van der Waals surface area (Å²) >= 11 is 1.56. The third-order valence-electron chi connectivity index (χ3n) is 2.95. The molecule has 0 aliphatic carbocycles. The molecule has 2 aromatic carbocycles. The van der Waals surface area contributed by atoms with Crippen LogP contribution in [-0.4, -0.2) is 19.3 Å². The minimum atomic E-state index is -0.126. The van der Waals surface area contributed by atoms with Crippen molar-refractivity contribution in [2.75, 3.05) is 18.7 Å². The summed E-state index contributed by atoms with van der Waals surface area (Å²) in [6.45, 7) is 1.98. The van der Waals surface area contributed by atoms with Crippen LogP contribution in [0.4, 0.5) is 5.69 Å². The Hall–Kier alpha value is -1.94. The van der Waals surface area contributed by atoms with Gasteiger partial charge in [-0.3, -0.25) is 4.79 Å². The van der Waals surface area contributed by atoms with E-state index in [4.69, 9.17) is 4.74 Å². The van der Waals surface area contributed by atoms with Crippen molar-refractivity contribution in [3.8, 4) is 5.75 Å². The molecule has 0 spiro atoms. The Morgan fingerprint density at radius 2 is 1.95 bits per heavy atom. The Morgan fingerprint density at radius 1 is 1.20 bits per heavy atom. The van der Waals surface area contributed by atoms with Gasteiger partial charge in [0.05, 0.1) is 18.4 Å². The number of aryl methyl sites for hydroxylation is 1. The summed E-state index contributed by atoms with van der Waals surface area (Å²) in [7, 11) is 1.59. The van der Waals surface area contributed by atoms with Crippen molar-refractivity contribution in [2.45, 2.75) is 11.8 Å². The molecule has 1 N–H and O–H groups in total. The molecule has 0 aliphatic rings. The molecule has 0 bridgehead atoms. The van der Waals surface area contributed by atoms with Gasteiger partial charge in [0.25, 0.3) is 5.91 Å². The summed E-state index contributed by atoms with van der Waals surface area (Å²) in [5, 5.41) is 2.92. The van der Waals surface area contributed by atoms with E-state index < -0.39 is 0 Å². The predicted molar refractivity (Wildman–Crippen MR) is 83.9 cm³/mol. The molecule has 0 saturated heterocycles. The largest absolute Gasteiger partial charge is 0.495 e. The second-order valence-electron chi connectivity index (χ2n) is 4.36. The van der Waals surface area contributed by atoms with Gasteiger partial charge >= 0.3 is 0 Å². The van der Waals surface area contributed by atoms with Gasteiger partial charge in [-0.15, -0.1) is 11.8 Å². The lowest BCUT2D eigenvalue weighted by Crippen LogP contribution is -2.13. The number of amides is 1. The van der Waals surface area contributed by atoms with Gasteiger partial charge in [-0.05, 0) is 43.0 Å². The van der Waals surface area contributed by atoms with E-state index in [-0.39, 0.29) is 5.91 Å². The minimum absolute atomic E-state index is 0.126. The SMILES string of the molecule is COc1ccc(C)cc1NC(=O)c1ccccc1SC. The van der Waals surface area contributed by atoms with Crippen molar-refractivity contribution in [1.29, 1.82) is 0 Å². The molecule has 2 rings (SSSR count). The second-order valence-corrected chi connectivity index (χ2v) is 5.21. The summed E-state index contributed by atoms with van der Waals surface area (Å²) < 4.78 is 5.27. The molecule has 2 aromatic rings. The van der Waals surface area contributed by atoms with Crippen LogP contribution in [0.2, 0.25) is 0 Å². The molecule has 104 valence electrons. The number of carbonyl (C=O) groups excluding carboxylic acids is 1. The highest BCUT2D eigenvalue weighted by Gasteiger charge is 2.13. The van der Waals surface area contributed by atoms with E-state index in [0.717, 1.165) is 10.5 Å². The molecule has 0 aromatic heterocycles. The maximum absolute atomic E-state index is 12.4. The van der Waals surface area contributed by atoms with Crippen LogP contribution >= 0.6 is 11.8 Å². The third kappa shape index (κ3) is 3.14. The van der Waals surface area contributed by atoms with Crippen LogP contribution in [0.25, 0.3) is 0 Å². The van der Waals surface area contributed by atoms with E-state index >= 15 is 0 Å². The van der Waals surface area contributed by atoms with Crippen molar-refractivity contribution in [3.05, 3.63) is 53.6 Å². The van der Waals surface area contributed by atoms with E-state index in [1.807, 2.05) is 55.6 Å². The minimum Gasteiger partial charge on any atom is -0.495 e. The molecule has 0 atom stereocenters. The third-order valence-corrected chi connectivity index (χ3v) is 3.75. The lowest BCUT2D eigenvalue weighted by Gasteiger charge is -2.12. The van der Waals surface area contributed by atoms with Gasteiger partial charge < -0.3 is 10.1 Å². The molecule has 0 aliphatic heterocycles. The molecule has 20 heavy (non-hydrogen) atoms. The van der Waals surface area contributed by atoms with Crippen LogP contribution < -0.4 is 10.1 Å². The molecule has 0 heterocycles. The zero-order chi connectivity index (χ0) is 14.5. The number of methoxy groups -OCH3 is 1. The molecule has 4 heteroatoms. The van der Waals surface area contributed by atoms with Gasteiger partial charge in [0.1, 0.15) is 5.75 Å². The van der Waals surface area contributed by atoms with Gasteiger partial charge in [0.15, 0.2) is 0 Å². The maximum Gasteiger partial charge on any atom is 0.256 e.